The van der Waals surface area contributed by atoms with E-state index >= 15 is 0 Å². The predicted molar refractivity (Wildman–Crippen MR) is 122 cm³/mol. The highest BCUT2D eigenvalue weighted by Crippen LogP contribution is 2.19. The number of hydrogen-bond donors (Lipinski definition) is 1. The van der Waals surface area contributed by atoms with Crippen LogP contribution in [0.4, 0.5) is 4.39 Å². The minimum Gasteiger partial charge on any atom is -0.352 e. The average Bonchev–Trinajstić information content (AvgIpc) is 3.45. The number of amides is 2. The van der Waals surface area contributed by atoms with Crippen LogP contribution < -0.4 is 5.32 Å². The van der Waals surface area contributed by atoms with Gasteiger partial charge in [-0.1, -0.05) is 30.7 Å². The molecule has 2 aromatic carbocycles. The van der Waals surface area contributed by atoms with Crippen LogP contribution in [0.25, 0.3) is 11.0 Å². The van der Waals surface area contributed by atoms with Crippen LogP contribution >= 0.6 is 0 Å². The van der Waals surface area contributed by atoms with E-state index in [-0.39, 0.29) is 17.4 Å². The van der Waals surface area contributed by atoms with Crippen LogP contribution in [0.1, 0.15) is 48.3 Å². The maximum Gasteiger partial charge on any atom is 0.254 e. The Morgan fingerprint density at radius 3 is 2.53 bits per heavy atom. The molecule has 0 radical (unpaired) electrons. The molecule has 1 aliphatic heterocycles. The van der Waals surface area contributed by atoms with Crippen LogP contribution in [-0.2, 0) is 17.8 Å². The zero-order valence-corrected chi connectivity index (χ0v) is 18.2. The van der Waals surface area contributed by atoms with E-state index in [1.165, 1.54) is 12.1 Å². The molecule has 32 heavy (non-hydrogen) atoms. The second-order valence-electron chi connectivity index (χ2n) is 8.24. The fourth-order valence-corrected chi connectivity index (χ4v) is 4.22. The van der Waals surface area contributed by atoms with Crippen LogP contribution in [0.2, 0.25) is 0 Å². The molecule has 0 aliphatic carbocycles. The molecule has 168 valence electrons. The van der Waals surface area contributed by atoms with E-state index < -0.39 is 5.82 Å². The van der Waals surface area contributed by atoms with Gasteiger partial charge in [0.05, 0.1) is 16.6 Å². The maximum absolute atomic E-state index is 13.7. The number of imidazole rings is 1. The number of fused-ring (bicyclic) bond motifs is 1. The Morgan fingerprint density at radius 1 is 0.969 bits per heavy atom. The van der Waals surface area contributed by atoms with Gasteiger partial charge in [0.2, 0.25) is 5.91 Å². The van der Waals surface area contributed by atoms with E-state index in [2.05, 4.69) is 9.88 Å². The zero-order chi connectivity index (χ0) is 22.3. The van der Waals surface area contributed by atoms with Gasteiger partial charge in [0.1, 0.15) is 18.2 Å². The molecule has 1 aliphatic rings. The predicted octanol–water partition coefficient (Wildman–Crippen LogP) is 3.94. The average molecular weight is 437 g/mol. The normalized spacial score (nSPS) is 13.6. The molecule has 1 fully saturated rings. The lowest BCUT2D eigenvalue weighted by atomic mass is 10.1. The lowest BCUT2D eigenvalue weighted by Gasteiger charge is -2.17. The molecule has 2 heterocycles. The number of unbranched alkanes of at least 4 members (excludes halogenated alkanes) is 2. The smallest absolute Gasteiger partial charge is 0.254 e. The Bertz CT molecular complexity index is 1090. The highest BCUT2D eigenvalue weighted by atomic mass is 19.1. The third-order valence-electron chi connectivity index (χ3n) is 5.97. The number of para-hydroxylation sites is 2. The van der Waals surface area contributed by atoms with E-state index in [9.17, 15) is 14.0 Å². The van der Waals surface area contributed by atoms with Crippen LogP contribution in [-0.4, -0.2) is 45.9 Å². The van der Waals surface area contributed by atoms with Crippen molar-refractivity contribution in [2.24, 2.45) is 0 Å². The third-order valence-corrected chi connectivity index (χ3v) is 5.97. The van der Waals surface area contributed by atoms with Crippen LogP contribution in [0.15, 0.2) is 48.5 Å². The number of halogens is 1. The van der Waals surface area contributed by atoms with E-state index in [1.807, 2.05) is 29.2 Å². The molecule has 6 nitrogen and oxygen atoms in total. The molecule has 7 heteroatoms. The Hall–Kier alpha value is -3.22. The molecule has 0 unspecified atom stereocenters. The van der Waals surface area contributed by atoms with Crippen molar-refractivity contribution in [1.29, 1.82) is 0 Å². The molecule has 0 bridgehead atoms. The Balaban J connectivity index is 1.29. The summed E-state index contributed by atoms with van der Waals surface area (Å²) in [6, 6.07) is 13.9. The number of carbonyl (C=O) groups excluding carboxylic acids is 2. The number of likely N-dealkylation sites (tertiary alicyclic amines) is 1. The Labute approximate surface area is 187 Å². The van der Waals surface area contributed by atoms with Crippen LogP contribution in [0.5, 0.6) is 0 Å². The fraction of sp³-hybridized carbons (Fsp3) is 0.400. The van der Waals surface area contributed by atoms with Gasteiger partial charge >= 0.3 is 0 Å². The summed E-state index contributed by atoms with van der Waals surface area (Å²) in [6.45, 7) is 2.52. The number of aromatic nitrogens is 2. The van der Waals surface area contributed by atoms with Crippen molar-refractivity contribution in [3.8, 4) is 0 Å². The number of nitrogens with one attached hydrogen (secondary N) is 1. The summed E-state index contributed by atoms with van der Waals surface area (Å²) < 4.78 is 15.7. The molecule has 2 amide bonds. The Morgan fingerprint density at radius 2 is 1.72 bits per heavy atom. The summed E-state index contributed by atoms with van der Waals surface area (Å²) in [5, 5.41) is 2.78. The lowest BCUT2D eigenvalue weighted by Crippen LogP contribution is -2.31. The molecule has 0 saturated carbocycles. The van der Waals surface area contributed by atoms with Crippen molar-refractivity contribution < 1.29 is 14.0 Å². The topological polar surface area (TPSA) is 67.2 Å². The van der Waals surface area contributed by atoms with Gasteiger partial charge in [-0.15, -0.1) is 0 Å². The fourth-order valence-electron chi connectivity index (χ4n) is 4.22. The molecule has 1 aromatic heterocycles. The van der Waals surface area contributed by atoms with Crippen molar-refractivity contribution >= 4 is 22.8 Å². The largest absolute Gasteiger partial charge is 0.352 e. The summed E-state index contributed by atoms with van der Waals surface area (Å²) in [5.41, 5.74) is 1.98. The number of carbonyl (C=O) groups is 2. The van der Waals surface area contributed by atoms with E-state index in [0.29, 0.717) is 13.1 Å². The molecule has 0 atom stereocenters. The van der Waals surface area contributed by atoms with Crippen molar-refractivity contribution in [2.45, 2.75) is 45.1 Å². The summed E-state index contributed by atoms with van der Waals surface area (Å²) in [5.74, 6) is 0.189. The summed E-state index contributed by atoms with van der Waals surface area (Å²) in [7, 11) is 0. The molecular formula is C25H29FN4O2. The lowest BCUT2D eigenvalue weighted by molar-refractivity contribution is -0.130. The third kappa shape index (κ3) is 5.15. The van der Waals surface area contributed by atoms with E-state index in [1.54, 1.807) is 12.1 Å². The van der Waals surface area contributed by atoms with E-state index in [0.717, 1.165) is 68.5 Å². The van der Waals surface area contributed by atoms with E-state index in [4.69, 9.17) is 4.98 Å². The molecule has 3 aromatic rings. The van der Waals surface area contributed by atoms with Gasteiger partial charge in [0.25, 0.3) is 5.91 Å². The summed E-state index contributed by atoms with van der Waals surface area (Å²) in [6.07, 6.45) is 5.53. The number of benzene rings is 2. The highest BCUT2D eigenvalue weighted by Gasteiger charge is 2.20. The minimum atomic E-state index is -0.507. The second kappa shape index (κ2) is 10.4. The second-order valence-corrected chi connectivity index (χ2v) is 8.24. The van der Waals surface area contributed by atoms with Gasteiger partial charge in [0.15, 0.2) is 0 Å². The quantitative estimate of drug-likeness (QED) is 0.517. The van der Waals surface area contributed by atoms with Crippen molar-refractivity contribution in [3.63, 3.8) is 0 Å². The van der Waals surface area contributed by atoms with Crippen molar-refractivity contribution in [2.75, 3.05) is 19.6 Å². The first-order chi connectivity index (χ1) is 15.6. The molecule has 1 N–H and O–H groups in total. The van der Waals surface area contributed by atoms with Crippen molar-refractivity contribution in [3.05, 3.63) is 65.7 Å². The standard InChI is InChI=1S/C25H29FN4O2/c26-20-11-4-3-10-19(20)25(32)27-15-7-1-2-14-23-28-21-12-5-6-13-22(21)30(23)18-24(31)29-16-8-9-17-29/h3-6,10-13H,1-2,7-9,14-18H2,(H,27,32). The van der Waals surface area contributed by atoms with Crippen LogP contribution in [0.3, 0.4) is 0 Å². The number of rotatable bonds is 9. The number of aryl methyl sites for hydroxylation is 1. The summed E-state index contributed by atoms with van der Waals surface area (Å²) >= 11 is 0. The maximum atomic E-state index is 13.7. The highest BCUT2D eigenvalue weighted by molar-refractivity contribution is 5.94. The summed E-state index contributed by atoms with van der Waals surface area (Å²) in [4.78, 5) is 31.5. The zero-order valence-electron chi connectivity index (χ0n) is 18.2. The van der Waals surface area contributed by atoms with Gasteiger partial charge < -0.3 is 14.8 Å². The van der Waals surface area contributed by atoms with Gasteiger partial charge in [0, 0.05) is 26.1 Å². The minimum absolute atomic E-state index is 0.0730. The van der Waals surface area contributed by atoms with Gasteiger partial charge in [-0.05, 0) is 49.9 Å². The molecular weight excluding hydrogens is 407 g/mol. The van der Waals surface area contributed by atoms with Crippen molar-refractivity contribution in [1.82, 2.24) is 19.8 Å². The van der Waals surface area contributed by atoms with Gasteiger partial charge in [-0.25, -0.2) is 9.37 Å². The SMILES string of the molecule is O=C(NCCCCCc1nc2ccccc2n1CC(=O)N1CCCC1)c1ccccc1F. The van der Waals surface area contributed by atoms with Crippen LogP contribution in [0, 0.1) is 5.82 Å². The van der Waals surface area contributed by atoms with Gasteiger partial charge in [-0.2, -0.15) is 0 Å². The first kappa shape index (κ1) is 22.0. The monoisotopic (exact) mass is 436 g/mol. The van der Waals surface area contributed by atoms with Gasteiger partial charge in [-0.3, -0.25) is 9.59 Å². The molecule has 0 spiro atoms. The number of nitrogens with zero attached hydrogens (tertiary/aromatic N) is 3. The number of hydrogen-bond acceptors (Lipinski definition) is 3. The first-order valence-electron chi connectivity index (χ1n) is 11.4. The molecule has 1 saturated heterocycles. The Kier molecular flexibility index (Phi) is 7.14. The molecule has 4 rings (SSSR count). The first-order valence-corrected chi connectivity index (χ1v) is 11.4.